The van der Waals surface area contributed by atoms with Crippen LogP contribution in [0.15, 0.2) is 47.0 Å². The molecule has 0 bridgehead atoms. The third kappa shape index (κ3) is 5.08. The molecule has 2 aromatic heterocycles. The first kappa shape index (κ1) is 24.9. The minimum atomic E-state index is -0.895. The van der Waals surface area contributed by atoms with Crippen molar-refractivity contribution in [1.82, 2.24) is 10.2 Å². The lowest BCUT2D eigenvalue weighted by Gasteiger charge is -2.25. The number of ketones is 1. The van der Waals surface area contributed by atoms with Gasteiger partial charge in [0.05, 0.1) is 29.7 Å². The number of nitrogens with zero attached hydrogens (tertiary/aromatic N) is 3. The summed E-state index contributed by atoms with van der Waals surface area (Å²) in [5.41, 5.74) is 0.594. The first-order valence-corrected chi connectivity index (χ1v) is 13.1. The van der Waals surface area contributed by atoms with E-state index < -0.39 is 23.5 Å². The zero-order chi connectivity index (χ0) is 25.1. The van der Waals surface area contributed by atoms with Crippen molar-refractivity contribution in [1.29, 1.82) is 0 Å². The van der Waals surface area contributed by atoms with Crippen molar-refractivity contribution in [2.45, 2.75) is 40.2 Å². The molecule has 3 heterocycles. The number of ether oxygens (including phenoxy) is 2. The maximum absolute atomic E-state index is 13.4. The van der Waals surface area contributed by atoms with Gasteiger partial charge >= 0.3 is 0 Å². The molecule has 35 heavy (non-hydrogen) atoms. The molecule has 1 unspecified atom stereocenters. The van der Waals surface area contributed by atoms with Crippen LogP contribution in [0.25, 0.3) is 0 Å². The molecule has 3 aromatic rings. The number of aliphatic hydroxyl groups is 1. The predicted octanol–water partition coefficient (Wildman–Crippen LogP) is 5.51. The lowest BCUT2D eigenvalue weighted by molar-refractivity contribution is -0.117. The van der Waals surface area contributed by atoms with E-state index in [2.05, 4.69) is 24.0 Å². The number of benzene rings is 1. The molecule has 0 aliphatic carbocycles. The van der Waals surface area contributed by atoms with Gasteiger partial charge in [0.2, 0.25) is 10.9 Å². The van der Waals surface area contributed by atoms with E-state index in [1.165, 1.54) is 27.6 Å². The fourth-order valence-corrected chi connectivity index (χ4v) is 5.15. The Bertz CT molecular complexity index is 1250. The highest BCUT2D eigenvalue weighted by Gasteiger charge is 2.46. The number of aryl methyl sites for hydroxylation is 1. The van der Waals surface area contributed by atoms with Crippen LogP contribution >= 0.6 is 22.7 Å². The largest absolute Gasteiger partial charge is 0.503 e. The van der Waals surface area contributed by atoms with Crippen molar-refractivity contribution in [2.75, 3.05) is 18.1 Å². The number of hydrogen-bond acceptors (Lipinski definition) is 9. The van der Waals surface area contributed by atoms with Gasteiger partial charge in [-0.05, 0) is 55.3 Å². The molecule has 10 heteroatoms. The molecule has 0 fully saturated rings. The molecule has 1 atom stereocenters. The van der Waals surface area contributed by atoms with Gasteiger partial charge < -0.3 is 14.6 Å². The summed E-state index contributed by atoms with van der Waals surface area (Å²) in [6, 6.07) is 7.85. The summed E-state index contributed by atoms with van der Waals surface area (Å²) in [6.45, 7) is 8.85. The number of rotatable bonds is 10. The Kier molecular flexibility index (Phi) is 7.51. The third-order valence-corrected chi connectivity index (χ3v) is 7.16. The van der Waals surface area contributed by atoms with Crippen molar-refractivity contribution < 1.29 is 24.2 Å². The lowest BCUT2D eigenvalue weighted by Crippen LogP contribution is -2.31. The van der Waals surface area contributed by atoms with Gasteiger partial charge in [0, 0.05) is 0 Å². The van der Waals surface area contributed by atoms with E-state index >= 15 is 0 Å². The van der Waals surface area contributed by atoms with E-state index in [1.54, 1.807) is 42.6 Å². The summed E-state index contributed by atoms with van der Waals surface area (Å²) >= 11 is 2.46. The number of hydrogen-bond donors (Lipinski definition) is 1. The summed E-state index contributed by atoms with van der Waals surface area (Å²) in [7, 11) is 0. The number of anilines is 1. The molecule has 1 N–H and O–H groups in total. The molecule has 1 amide bonds. The molecule has 8 nitrogen and oxygen atoms in total. The van der Waals surface area contributed by atoms with Crippen LogP contribution in [0.2, 0.25) is 0 Å². The van der Waals surface area contributed by atoms with Crippen LogP contribution in [0.5, 0.6) is 11.5 Å². The Hall–Kier alpha value is -3.24. The van der Waals surface area contributed by atoms with Crippen LogP contribution in [0.4, 0.5) is 5.13 Å². The first-order valence-electron chi connectivity index (χ1n) is 11.4. The lowest BCUT2D eigenvalue weighted by atomic mass is 9.95. The number of aliphatic hydroxyl groups excluding tert-OH is 1. The standard InChI is InChI=1S/C25H27N3O5S2/c1-5-32-18-13-16(8-9-17(18)33-11-10-14(2)3)21-20(22(29)19-7-6-12-34-19)23(30)24(31)28(21)25-27-26-15(4)35-25/h6-9,12-14,21,30H,5,10-11H2,1-4H3. The van der Waals surface area contributed by atoms with Gasteiger partial charge in [-0.25, -0.2) is 0 Å². The zero-order valence-electron chi connectivity index (χ0n) is 20.0. The van der Waals surface area contributed by atoms with Crippen LogP contribution in [-0.2, 0) is 4.79 Å². The van der Waals surface area contributed by atoms with Crippen LogP contribution in [0.3, 0.4) is 0 Å². The Morgan fingerprint density at radius 1 is 1.20 bits per heavy atom. The summed E-state index contributed by atoms with van der Waals surface area (Å²) < 4.78 is 11.8. The Labute approximate surface area is 211 Å². The molecule has 1 aliphatic rings. The fourth-order valence-electron chi connectivity index (χ4n) is 3.76. The smallest absolute Gasteiger partial charge is 0.296 e. The zero-order valence-corrected chi connectivity index (χ0v) is 21.6. The van der Waals surface area contributed by atoms with Crippen LogP contribution in [0.1, 0.15) is 53.5 Å². The minimum absolute atomic E-state index is 0.00114. The number of aromatic nitrogens is 2. The highest BCUT2D eigenvalue weighted by Crippen LogP contribution is 2.45. The second-order valence-electron chi connectivity index (χ2n) is 8.42. The maximum atomic E-state index is 13.4. The molecule has 0 saturated carbocycles. The number of thiophene rings is 1. The van der Waals surface area contributed by atoms with E-state index in [9.17, 15) is 14.7 Å². The highest BCUT2D eigenvalue weighted by atomic mass is 32.1. The van der Waals surface area contributed by atoms with E-state index in [1.807, 2.05) is 6.92 Å². The van der Waals surface area contributed by atoms with Crippen molar-refractivity contribution >= 4 is 39.5 Å². The molecule has 184 valence electrons. The maximum Gasteiger partial charge on any atom is 0.296 e. The topological polar surface area (TPSA) is 102 Å². The second-order valence-corrected chi connectivity index (χ2v) is 10.5. The first-order chi connectivity index (χ1) is 16.8. The third-order valence-electron chi connectivity index (χ3n) is 5.46. The highest BCUT2D eigenvalue weighted by molar-refractivity contribution is 7.15. The van der Waals surface area contributed by atoms with E-state index in [-0.39, 0.29) is 5.57 Å². The van der Waals surface area contributed by atoms with Gasteiger partial charge in [-0.1, -0.05) is 37.3 Å². The van der Waals surface area contributed by atoms with Crippen molar-refractivity contribution in [3.63, 3.8) is 0 Å². The fraction of sp³-hybridized carbons (Fsp3) is 0.360. The molecular formula is C25H27N3O5S2. The Morgan fingerprint density at radius 2 is 2.00 bits per heavy atom. The van der Waals surface area contributed by atoms with Gasteiger partial charge in [0.15, 0.2) is 17.3 Å². The summed E-state index contributed by atoms with van der Waals surface area (Å²) in [6.07, 6.45) is 0.894. The van der Waals surface area contributed by atoms with Gasteiger partial charge in [-0.15, -0.1) is 21.5 Å². The molecule has 0 spiro atoms. The molecule has 4 rings (SSSR count). The summed E-state index contributed by atoms with van der Waals surface area (Å²) in [5, 5.41) is 21.7. The normalized spacial score (nSPS) is 15.9. The van der Waals surface area contributed by atoms with Crippen molar-refractivity contribution in [3.05, 3.63) is 62.5 Å². The van der Waals surface area contributed by atoms with Gasteiger partial charge in [-0.2, -0.15) is 0 Å². The van der Waals surface area contributed by atoms with Crippen LogP contribution in [0, 0.1) is 12.8 Å². The number of Topliss-reactive ketones (excluding diaryl/α,β-unsaturated/α-hetero) is 1. The SMILES string of the molecule is CCOc1cc(C2C(C(=O)c3cccs3)=C(O)C(=O)N2c2nnc(C)s2)ccc1OCCC(C)C. The molecule has 0 saturated heterocycles. The Balaban J connectivity index is 1.79. The number of amides is 1. The second kappa shape index (κ2) is 10.6. The monoisotopic (exact) mass is 513 g/mol. The molecule has 1 aromatic carbocycles. The van der Waals surface area contributed by atoms with E-state index in [0.717, 1.165) is 6.42 Å². The molecule has 1 aliphatic heterocycles. The summed E-state index contributed by atoms with van der Waals surface area (Å²) in [5.74, 6) is -0.105. The molecule has 0 radical (unpaired) electrons. The quantitative estimate of drug-likeness (QED) is 0.356. The average molecular weight is 514 g/mol. The average Bonchev–Trinajstić information content (AvgIpc) is 3.55. The van der Waals surface area contributed by atoms with Crippen molar-refractivity contribution in [2.24, 2.45) is 5.92 Å². The van der Waals surface area contributed by atoms with Crippen molar-refractivity contribution in [3.8, 4) is 11.5 Å². The van der Waals surface area contributed by atoms with Gasteiger partial charge in [0.25, 0.3) is 5.91 Å². The summed E-state index contributed by atoms with van der Waals surface area (Å²) in [4.78, 5) is 28.4. The minimum Gasteiger partial charge on any atom is -0.503 e. The number of carbonyl (C=O) groups is 2. The predicted molar refractivity (Wildman–Crippen MR) is 136 cm³/mol. The number of carbonyl (C=O) groups excluding carboxylic acids is 2. The van der Waals surface area contributed by atoms with E-state index in [0.29, 0.717) is 51.2 Å². The van der Waals surface area contributed by atoms with Gasteiger partial charge in [0.1, 0.15) is 5.01 Å². The van der Waals surface area contributed by atoms with Gasteiger partial charge in [-0.3, -0.25) is 14.5 Å². The van der Waals surface area contributed by atoms with E-state index in [4.69, 9.17) is 9.47 Å². The Morgan fingerprint density at radius 3 is 2.63 bits per heavy atom. The van der Waals surface area contributed by atoms with Crippen LogP contribution < -0.4 is 14.4 Å². The van der Waals surface area contributed by atoms with Crippen LogP contribution in [-0.4, -0.2) is 40.2 Å². The molecular weight excluding hydrogens is 486 g/mol.